The van der Waals surface area contributed by atoms with E-state index in [2.05, 4.69) is 6.92 Å². The smallest absolute Gasteiger partial charge is 0.0683 e. The van der Waals surface area contributed by atoms with E-state index in [0.717, 1.165) is 37.9 Å². The molecule has 0 spiro atoms. The number of rotatable bonds is 10. The predicted molar refractivity (Wildman–Crippen MR) is 83.9 cm³/mol. The van der Waals surface area contributed by atoms with Crippen LogP contribution in [-0.2, 0) is 10.8 Å². The molecule has 1 fully saturated rings. The minimum atomic E-state index is -0.797. The fraction of sp³-hybridized carbons (Fsp3) is 1.00. The monoisotopic (exact) mass is 288 g/mol. The first kappa shape index (κ1) is 17.2. The van der Waals surface area contributed by atoms with E-state index in [1.54, 1.807) is 0 Å². The van der Waals surface area contributed by atoms with Crippen LogP contribution in [0.1, 0.15) is 84.0 Å². The fourth-order valence-electron chi connectivity index (χ4n) is 2.91. The molecule has 0 unspecified atom stereocenters. The number of hydrogen-bond donors (Lipinski definition) is 1. The van der Waals surface area contributed by atoms with Crippen molar-refractivity contribution in [1.29, 1.82) is 0 Å². The lowest BCUT2D eigenvalue weighted by Crippen LogP contribution is -2.34. The van der Waals surface area contributed by atoms with E-state index in [9.17, 15) is 9.32 Å². The van der Waals surface area contributed by atoms with Crippen LogP contribution in [0.5, 0.6) is 0 Å². The van der Waals surface area contributed by atoms with Crippen molar-refractivity contribution in [2.24, 2.45) is 0 Å². The molecule has 1 N–H and O–H groups in total. The summed E-state index contributed by atoms with van der Waals surface area (Å²) in [5.41, 5.74) is 0. The highest BCUT2D eigenvalue weighted by atomic mass is 32.2. The molecular weight excluding hydrogens is 256 g/mol. The maximum Gasteiger partial charge on any atom is 0.0683 e. The van der Waals surface area contributed by atoms with Gasteiger partial charge in [-0.25, -0.2) is 0 Å². The summed E-state index contributed by atoms with van der Waals surface area (Å²) in [6.45, 7) is 2.25. The van der Waals surface area contributed by atoms with Crippen LogP contribution in [0.4, 0.5) is 0 Å². The van der Waals surface area contributed by atoms with Crippen LogP contribution in [0.2, 0.25) is 0 Å². The third kappa shape index (κ3) is 7.45. The van der Waals surface area contributed by atoms with E-state index in [4.69, 9.17) is 0 Å². The highest BCUT2D eigenvalue weighted by Crippen LogP contribution is 2.23. The second kappa shape index (κ2) is 10.8. The van der Waals surface area contributed by atoms with Crippen LogP contribution in [0, 0.1) is 0 Å². The fourth-order valence-corrected chi connectivity index (χ4v) is 4.62. The quantitative estimate of drug-likeness (QED) is 0.612. The maximum absolute atomic E-state index is 12.1. The summed E-state index contributed by atoms with van der Waals surface area (Å²) >= 11 is 0. The molecule has 114 valence electrons. The van der Waals surface area contributed by atoms with Gasteiger partial charge in [-0.05, 0) is 19.3 Å². The molecule has 19 heavy (non-hydrogen) atoms. The van der Waals surface area contributed by atoms with Crippen molar-refractivity contribution in [3.8, 4) is 0 Å². The van der Waals surface area contributed by atoms with Gasteiger partial charge in [0.15, 0.2) is 0 Å². The van der Waals surface area contributed by atoms with E-state index < -0.39 is 10.8 Å². The maximum atomic E-state index is 12.1. The van der Waals surface area contributed by atoms with Gasteiger partial charge < -0.3 is 5.11 Å². The lowest BCUT2D eigenvalue weighted by atomic mass is 9.97. The van der Waals surface area contributed by atoms with Gasteiger partial charge in [-0.2, -0.15) is 0 Å². The van der Waals surface area contributed by atoms with Gasteiger partial charge in [-0.3, -0.25) is 4.21 Å². The summed E-state index contributed by atoms with van der Waals surface area (Å²) in [7, 11) is -0.797. The molecule has 0 heterocycles. The first-order valence-electron chi connectivity index (χ1n) is 8.31. The molecule has 1 saturated carbocycles. The Balaban J connectivity index is 1.98. The molecule has 0 aromatic rings. The molecule has 0 amide bonds. The third-order valence-corrected chi connectivity index (χ3v) is 6.12. The highest BCUT2D eigenvalue weighted by Gasteiger charge is 2.27. The number of unbranched alkanes of at least 4 members (excludes halogenated alkanes) is 7. The molecule has 0 aromatic carbocycles. The van der Waals surface area contributed by atoms with E-state index in [1.165, 1.54) is 44.9 Å². The van der Waals surface area contributed by atoms with Gasteiger partial charge in [-0.1, -0.05) is 64.7 Å². The van der Waals surface area contributed by atoms with Gasteiger partial charge in [0.2, 0.25) is 0 Å². The molecule has 0 radical (unpaired) electrons. The van der Waals surface area contributed by atoms with Crippen LogP contribution in [0.15, 0.2) is 0 Å². The van der Waals surface area contributed by atoms with Gasteiger partial charge in [-0.15, -0.1) is 0 Å². The summed E-state index contributed by atoms with van der Waals surface area (Å²) in [6.07, 6.45) is 14.1. The van der Waals surface area contributed by atoms with Gasteiger partial charge in [0.05, 0.1) is 11.4 Å². The molecule has 1 aliphatic rings. The zero-order valence-electron chi connectivity index (χ0n) is 12.6. The van der Waals surface area contributed by atoms with E-state index in [0.29, 0.717) is 0 Å². The van der Waals surface area contributed by atoms with Gasteiger partial charge >= 0.3 is 0 Å². The molecule has 3 heteroatoms. The number of aliphatic hydroxyl groups excluding tert-OH is 1. The van der Waals surface area contributed by atoms with E-state index in [1.807, 2.05) is 0 Å². The molecule has 0 saturated heterocycles. The molecule has 1 rings (SSSR count). The Kier molecular flexibility index (Phi) is 9.80. The summed E-state index contributed by atoms with van der Waals surface area (Å²) in [5.74, 6) is 0.802. The Bertz CT molecular complexity index is 243. The minimum Gasteiger partial charge on any atom is -0.392 e. The summed E-state index contributed by atoms with van der Waals surface area (Å²) in [4.78, 5) is 0. The first-order valence-corrected chi connectivity index (χ1v) is 9.69. The second-order valence-corrected chi connectivity index (χ2v) is 7.73. The van der Waals surface area contributed by atoms with Crippen molar-refractivity contribution in [2.45, 2.75) is 95.3 Å². The normalized spacial score (nSPS) is 25.4. The van der Waals surface area contributed by atoms with E-state index >= 15 is 0 Å². The molecule has 0 bridgehead atoms. The van der Waals surface area contributed by atoms with Gasteiger partial charge in [0.25, 0.3) is 0 Å². The van der Waals surface area contributed by atoms with Crippen molar-refractivity contribution in [3.63, 3.8) is 0 Å². The van der Waals surface area contributed by atoms with Crippen LogP contribution in [0.25, 0.3) is 0 Å². The Morgan fingerprint density at radius 2 is 1.53 bits per heavy atom. The molecular formula is C16H32O2S. The van der Waals surface area contributed by atoms with E-state index in [-0.39, 0.29) is 11.4 Å². The highest BCUT2D eigenvalue weighted by molar-refractivity contribution is 7.85. The molecule has 2 nitrogen and oxygen atoms in total. The van der Waals surface area contributed by atoms with Gasteiger partial charge in [0.1, 0.15) is 0 Å². The van der Waals surface area contributed by atoms with Crippen LogP contribution < -0.4 is 0 Å². The Morgan fingerprint density at radius 1 is 0.947 bits per heavy atom. The summed E-state index contributed by atoms with van der Waals surface area (Å²) in [6, 6.07) is 0. The van der Waals surface area contributed by atoms with Crippen molar-refractivity contribution >= 4 is 10.8 Å². The van der Waals surface area contributed by atoms with Crippen LogP contribution in [0.3, 0.4) is 0 Å². The predicted octanol–water partition coefficient (Wildman–Crippen LogP) is 4.18. The molecule has 3 atom stereocenters. The largest absolute Gasteiger partial charge is 0.392 e. The first-order chi connectivity index (χ1) is 9.25. The van der Waals surface area contributed by atoms with Crippen molar-refractivity contribution in [2.75, 3.05) is 5.75 Å². The topological polar surface area (TPSA) is 37.3 Å². The van der Waals surface area contributed by atoms with Crippen LogP contribution in [-0.4, -0.2) is 26.4 Å². The average molecular weight is 288 g/mol. The number of aliphatic hydroxyl groups is 1. The third-order valence-electron chi connectivity index (χ3n) is 4.20. The Hall–Kier alpha value is 0.110. The zero-order chi connectivity index (χ0) is 13.9. The average Bonchev–Trinajstić information content (AvgIpc) is 2.42. The lowest BCUT2D eigenvalue weighted by molar-refractivity contribution is 0.135. The zero-order valence-corrected chi connectivity index (χ0v) is 13.4. The van der Waals surface area contributed by atoms with Gasteiger partial charge in [0, 0.05) is 16.6 Å². The minimum absolute atomic E-state index is 0.0679. The standard InChI is InChI=1S/C16H32O2S/c1-2-3-4-5-6-7-8-11-14-19(18)16-13-10-9-12-15(16)17/h15-17H,2-14H2,1H3/t15-,16-,19+/m1/s1. The summed E-state index contributed by atoms with van der Waals surface area (Å²) < 4.78 is 12.1. The Labute approximate surface area is 121 Å². The van der Waals surface area contributed by atoms with Crippen molar-refractivity contribution in [1.82, 2.24) is 0 Å². The SMILES string of the molecule is CCCCCCCCCC[S@](=O)[C@@H]1CCCC[C@H]1O. The summed E-state index contributed by atoms with van der Waals surface area (Å²) in [5, 5.41) is 9.94. The lowest BCUT2D eigenvalue weighted by Gasteiger charge is -2.26. The molecule has 0 aromatic heterocycles. The Morgan fingerprint density at radius 3 is 2.16 bits per heavy atom. The number of hydrogen-bond acceptors (Lipinski definition) is 2. The van der Waals surface area contributed by atoms with Crippen molar-refractivity contribution < 1.29 is 9.32 Å². The van der Waals surface area contributed by atoms with Crippen LogP contribution >= 0.6 is 0 Å². The molecule has 1 aliphatic carbocycles. The molecule has 0 aliphatic heterocycles. The second-order valence-electron chi connectivity index (χ2n) is 5.95. The van der Waals surface area contributed by atoms with Crippen molar-refractivity contribution in [3.05, 3.63) is 0 Å².